The third-order valence-corrected chi connectivity index (χ3v) is 9.94. The third kappa shape index (κ3) is 7.12. The number of aliphatic hydroxyl groups excluding tert-OH is 3. The Morgan fingerprint density at radius 2 is 1.98 bits per heavy atom. The van der Waals surface area contributed by atoms with Crippen molar-refractivity contribution in [1.29, 1.82) is 0 Å². The molecule has 0 saturated carbocycles. The van der Waals surface area contributed by atoms with Crippen molar-refractivity contribution < 1.29 is 29.6 Å². The highest BCUT2D eigenvalue weighted by atomic mass is 16.5. The summed E-state index contributed by atoms with van der Waals surface area (Å²) in [4.78, 5) is 24.0. The number of benzene rings is 2. The number of aryl methyl sites for hydroxylation is 1. The lowest BCUT2D eigenvalue weighted by Gasteiger charge is -2.32. The van der Waals surface area contributed by atoms with Crippen molar-refractivity contribution in [2.24, 2.45) is 21.6 Å². The van der Waals surface area contributed by atoms with E-state index in [1.54, 1.807) is 6.07 Å². The van der Waals surface area contributed by atoms with Crippen molar-refractivity contribution in [1.82, 2.24) is 4.90 Å². The van der Waals surface area contributed by atoms with Crippen LogP contribution < -0.4 is 15.2 Å². The highest BCUT2D eigenvalue weighted by Gasteiger charge is 2.36. The lowest BCUT2D eigenvalue weighted by atomic mass is 9.85. The van der Waals surface area contributed by atoms with Gasteiger partial charge in [0.2, 0.25) is 0 Å². The second kappa shape index (κ2) is 14.6. The standard InChI is InChI=1S/C40H42N4O6/c1-2-4-27(45)19-29(47)20-28(46)9-6-24-7-13-37-38(17-24)50-40-25(5-3-16-49-37)8-12-36(48)31-10-11-32-30(14-15-42-39(32)41)33(31)18-26-21-43-35-23-44(40)22-34(26)35/h7,10-11,13,15,17,21,23,25,27,29,36,39-40,45,47-48H,2,4-6,9,14,18-20,22,41H2,1H3/t25-,27-,29+,36+,39-,40-/m0/s1. The normalized spacial score (nSPS) is 23.9. The van der Waals surface area contributed by atoms with Crippen molar-refractivity contribution in [3.63, 3.8) is 0 Å². The number of aliphatic imine (C=N–C) groups is 2. The van der Waals surface area contributed by atoms with E-state index in [0.717, 1.165) is 51.1 Å². The van der Waals surface area contributed by atoms with Gasteiger partial charge in [-0.2, -0.15) is 0 Å². The van der Waals surface area contributed by atoms with E-state index >= 15 is 0 Å². The van der Waals surface area contributed by atoms with Crippen LogP contribution in [0.15, 0.2) is 63.4 Å². The molecule has 0 unspecified atom stereocenters. The fraction of sp³-hybridized carbons (Fsp3) is 0.425. The van der Waals surface area contributed by atoms with E-state index in [0.29, 0.717) is 50.1 Å². The Bertz CT molecular complexity index is 1920. The van der Waals surface area contributed by atoms with Crippen LogP contribution in [0.25, 0.3) is 0 Å². The van der Waals surface area contributed by atoms with Gasteiger partial charge in [-0.3, -0.25) is 14.8 Å². The average molecular weight is 675 g/mol. The maximum Gasteiger partial charge on any atom is 0.187 e. The highest BCUT2D eigenvalue weighted by Crippen LogP contribution is 2.39. The number of fused-ring (bicyclic) bond motifs is 7. The van der Waals surface area contributed by atoms with Crippen LogP contribution in [-0.4, -0.2) is 63.4 Å². The molecule has 5 heterocycles. The summed E-state index contributed by atoms with van der Waals surface area (Å²) in [5.41, 5.74) is 14.1. The lowest BCUT2D eigenvalue weighted by molar-refractivity contribution is -0.121. The molecule has 2 aromatic rings. The Labute approximate surface area is 292 Å². The minimum absolute atomic E-state index is 0.00782. The molecule has 0 radical (unpaired) electrons. The Morgan fingerprint density at radius 1 is 1.12 bits per heavy atom. The third-order valence-electron chi connectivity index (χ3n) is 9.94. The molecule has 7 rings (SSSR count). The van der Waals surface area contributed by atoms with E-state index in [1.807, 2.05) is 49.8 Å². The summed E-state index contributed by atoms with van der Waals surface area (Å²) in [6.45, 7) is 2.54. The molecular formula is C40H42N4O6. The number of allylic oxidation sites excluding steroid dienone is 1. The van der Waals surface area contributed by atoms with Crippen molar-refractivity contribution >= 4 is 18.2 Å². The predicted octanol–water partition coefficient (Wildman–Crippen LogP) is 3.97. The molecule has 2 bridgehead atoms. The van der Waals surface area contributed by atoms with E-state index in [2.05, 4.69) is 33.8 Å². The number of ether oxygens (including phenoxy) is 2. The topological polar surface area (TPSA) is 150 Å². The molecule has 10 nitrogen and oxygen atoms in total. The first-order valence-corrected chi connectivity index (χ1v) is 17.4. The number of carbonyl (C=O) groups excluding carboxylic acids is 1. The zero-order valence-corrected chi connectivity index (χ0v) is 28.1. The minimum atomic E-state index is -1.05. The molecule has 50 heavy (non-hydrogen) atoms. The Morgan fingerprint density at radius 3 is 2.84 bits per heavy atom. The number of hydrogen-bond donors (Lipinski definition) is 4. The Kier molecular flexibility index (Phi) is 9.89. The van der Waals surface area contributed by atoms with Crippen molar-refractivity contribution in [2.75, 3.05) is 6.54 Å². The van der Waals surface area contributed by atoms with Gasteiger partial charge >= 0.3 is 0 Å². The zero-order chi connectivity index (χ0) is 34.8. The SMILES string of the molecule is CCC[C@H](O)C[C@@H](O)CC(=O)CCc1ccc2c(c1)O[C@H]1[C@H](C#C[C@@H](O)c3ccc4c(c3CC3=C5CN1C=C5N=C3)CC=N[C@@H]4N)CC#CO2. The quantitative estimate of drug-likeness (QED) is 0.292. The number of Topliss-reactive ketones (excluding diaryl/α,β-unsaturated/α-hetero) is 1. The fourth-order valence-corrected chi connectivity index (χ4v) is 7.33. The van der Waals surface area contributed by atoms with E-state index in [-0.39, 0.29) is 25.0 Å². The molecule has 0 aliphatic carbocycles. The summed E-state index contributed by atoms with van der Waals surface area (Å²) < 4.78 is 12.6. The molecule has 5 aliphatic rings. The molecule has 5 aliphatic heterocycles. The number of nitrogens with two attached hydrogens (primary N) is 1. The average Bonchev–Trinajstić information content (AvgIpc) is 3.69. The molecule has 2 aromatic carbocycles. The second-order valence-electron chi connectivity index (χ2n) is 13.6. The number of hydrogen-bond acceptors (Lipinski definition) is 10. The molecule has 5 N–H and O–H groups in total. The van der Waals surface area contributed by atoms with Crippen molar-refractivity contribution in [2.45, 2.75) is 95.4 Å². The Balaban J connectivity index is 1.17. The van der Waals surface area contributed by atoms with Crippen LogP contribution in [0.3, 0.4) is 0 Å². The smallest absolute Gasteiger partial charge is 0.187 e. The first-order chi connectivity index (χ1) is 24.3. The van der Waals surface area contributed by atoms with Crippen LogP contribution >= 0.6 is 0 Å². The van der Waals surface area contributed by atoms with E-state index in [1.165, 1.54) is 0 Å². The van der Waals surface area contributed by atoms with Gasteiger partial charge in [0.1, 0.15) is 24.2 Å². The maximum atomic E-state index is 12.7. The van der Waals surface area contributed by atoms with Gasteiger partial charge in [-0.05, 0) is 64.8 Å². The first-order valence-electron chi connectivity index (χ1n) is 17.4. The largest absolute Gasteiger partial charge is 0.465 e. The van der Waals surface area contributed by atoms with E-state index < -0.39 is 36.6 Å². The summed E-state index contributed by atoms with van der Waals surface area (Å²) in [5.74, 6) is 9.99. The second-order valence-corrected chi connectivity index (χ2v) is 13.6. The Hall–Kier alpha value is -4.71. The summed E-state index contributed by atoms with van der Waals surface area (Å²) in [6.07, 6.45) is 8.90. The highest BCUT2D eigenvalue weighted by molar-refractivity contribution is 5.88. The number of nitrogens with zero attached hydrogens (tertiary/aromatic N) is 3. The molecular weight excluding hydrogens is 632 g/mol. The lowest BCUT2D eigenvalue weighted by Crippen LogP contribution is -2.41. The van der Waals surface area contributed by atoms with Gasteiger partial charge in [-0.15, -0.1) is 0 Å². The molecule has 0 spiro atoms. The number of aliphatic hydroxyl groups is 3. The first kappa shape index (κ1) is 33.8. The summed E-state index contributed by atoms with van der Waals surface area (Å²) >= 11 is 0. The number of rotatable bonds is 9. The van der Waals surface area contributed by atoms with Gasteiger partial charge < -0.3 is 35.4 Å². The zero-order valence-electron chi connectivity index (χ0n) is 28.1. The van der Waals surface area contributed by atoms with Gasteiger partial charge in [0.25, 0.3) is 0 Å². The van der Waals surface area contributed by atoms with Crippen LogP contribution in [0.5, 0.6) is 11.5 Å². The predicted molar refractivity (Wildman–Crippen MR) is 189 cm³/mol. The number of carbonyl (C=O) groups is 1. The molecule has 0 saturated heterocycles. The monoisotopic (exact) mass is 674 g/mol. The number of ketones is 1. The maximum absolute atomic E-state index is 12.7. The van der Waals surface area contributed by atoms with Crippen LogP contribution in [-0.2, 0) is 24.1 Å². The van der Waals surface area contributed by atoms with Crippen molar-refractivity contribution in [3.8, 4) is 35.4 Å². The summed E-state index contributed by atoms with van der Waals surface area (Å²) in [5, 5.41) is 31.9. The van der Waals surface area contributed by atoms with E-state index in [4.69, 9.17) is 20.2 Å². The molecule has 0 aromatic heterocycles. The van der Waals surface area contributed by atoms with Gasteiger partial charge in [0.15, 0.2) is 17.7 Å². The minimum Gasteiger partial charge on any atom is -0.465 e. The molecule has 6 atom stereocenters. The van der Waals surface area contributed by atoms with E-state index in [9.17, 15) is 20.1 Å². The van der Waals surface area contributed by atoms with Crippen molar-refractivity contribution in [3.05, 3.63) is 81.2 Å². The summed E-state index contributed by atoms with van der Waals surface area (Å²) in [7, 11) is 0. The van der Waals surface area contributed by atoms with Crippen LogP contribution in [0.4, 0.5) is 0 Å². The molecule has 10 heteroatoms. The molecule has 0 amide bonds. The van der Waals surface area contributed by atoms with Crippen LogP contribution in [0.2, 0.25) is 0 Å². The summed E-state index contributed by atoms with van der Waals surface area (Å²) in [6, 6.07) is 9.41. The van der Waals surface area contributed by atoms with Gasteiger partial charge in [0.05, 0.1) is 23.8 Å². The molecule has 0 fully saturated rings. The van der Waals surface area contributed by atoms with Crippen LogP contribution in [0.1, 0.15) is 85.5 Å². The fourth-order valence-electron chi connectivity index (χ4n) is 7.33. The van der Waals surface area contributed by atoms with Crippen LogP contribution in [0, 0.1) is 29.8 Å². The van der Waals surface area contributed by atoms with Gasteiger partial charge in [-0.1, -0.05) is 49.3 Å². The van der Waals surface area contributed by atoms with Gasteiger partial charge in [-0.25, -0.2) is 0 Å². The molecule has 258 valence electrons. The van der Waals surface area contributed by atoms with Gasteiger partial charge in [0, 0.05) is 62.9 Å².